The lowest BCUT2D eigenvalue weighted by Gasteiger charge is -2.44. The Balaban J connectivity index is 1.49. The number of amides is 1. The predicted molar refractivity (Wildman–Crippen MR) is 103 cm³/mol. The highest BCUT2D eigenvalue weighted by atomic mass is 32.2. The molecular formula is C20H20N2O3S. The van der Waals surface area contributed by atoms with E-state index in [9.17, 15) is 9.59 Å². The number of benzene rings is 2. The van der Waals surface area contributed by atoms with E-state index in [2.05, 4.69) is 17.0 Å². The number of ether oxygens (including phenoxy) is 1. The smallest absolute Gasteiger partial charge is 0.337 e. The van der Waals surface area contributed by atoms with Gasteiger partial charge in [-0.2, -0.15) is 0 Å². The third-order valence-electron chi connectivity index (χ3n) is 4.84. The number of methoxy groups -OCH3 is 1. The first-order valence-electron chi connectivity index (χ1n) is 8.61. The average molecular weight is 368 g/mol. The van der Waals surface area contributed by atoms with Gasteiger partial charge in [0.15, 0.2) is 0 Å². The molecule has 0 aromatic heterocycles. The summed E-state index contributed by atoms with van der Waals surface area (Å²) in [6, 6.07) is 15.7. The summed E-state index contributed by atoms with van der Waals surface area (Å²) in [7, 11) is 1.37. The molecular weight excluding hydrogens is 348 g/mol. The zero-order chi connectivity index (χ0) is 18.1. The Morgan fingerprint density at radius 3 is 2.69 bits per heavy atom. The summed E-state index contributed by atoms with van der Waals surface area (Å²) >= 11 is 1.52. The standard InChI is InChI=1S/C20H20N2O3S/c1-25-20(24)15-7-8-18-17(9-15)22(19(23)13-26-18)12-14-10-21(11-14)16-5-3-2-4-6-16/h2-9,14H,10-13H2,1H3. The molecule has 6 heteroatoms. The van der Waals surface area contributed by atoms with Crippen molar-refractivity contribution in [3.63, 3.8) is 0 Å². The van der Waals surface area contributed by atoms with Crippen LogP contribution >= 0.6 is 11.8 Å². The first-order valence-corrected chi connectivity index (χ1v) is 9.60. The van der Waals surface area contributed by atoms with Gasteiger partial charge >= 0.3 is 5.97 Å². The average Bonchev–Trinajstić information content (AvgIpc) is 2.65. The number of anilines is 2. The number of hydrogen-bond donors (Lipinski definition) is 0. The fourth-order valence-electron chi connectivity index (χ4n) is 3.44. The molecule has 26 heavy (non-hydrogen) atoms. The van der Waals surface area contributed by atoms with Gasteiger partial charge < -0.3 is 14.5 Å². The van der Waals surface area contributed by atoms with Crippen molar-refractivity contribution in [1.29, 1.82) is 0 Å². The van der Waals surface area contributed by atoms with Crippen LogP contribution in [0.25, 0.3) is 0 Å². The van der Waals surface area contributed by atoms with Gasteiger partial charge in [0.2, 0.25) is 5.91 Å². The predicted octanol–water partition coefficient (Wildman–Crippen LogP) is 3.05. The van der Waals surface area contributed by atoms with Gasteiger partial charge in [0.05, 0.1) is 24.1 Å². The SMILES string of the molecule is COC(=O)c1ccc2c(c1)N(CC1CN(c3ccccc3)C1)C(=O)CS2. The Kier molecular flexibility index (Phi) is 4.59. The second-order valence-corrected chi connectivity index (χ2v) is 7.59. The summed E-state index contributed by atoms with van der Waals surface area (Å²) in [6.07, 6.45) is 0. The fraction of sp³-hybridized carbons (Fsp3) is 0.300. The summed E-state index contributed by atoms with van der Waals surface area (Å²) in [5.74, 6) is 0.592. The van der Waals surface area contributed by atoms with Crippen LogP contribution in [0, 0.1) is 5.92 Å². The Labute approximate surface area is 156 Å². The lowest BCUT2D eigenvalue weighted by atomic mass is 9.98. The Morgan fingerprint density at radius 1 is 1.19 bits per heavy atom. The summed E-state index contributed by atoms with van der Waals surface area (Å²) in [5.41, 5.74) is 2.52. The number of carbonyl (C=O) groups excluding carboxylic acids is 2. The molecule has 0 atom stereocenters. The second-order valence-electron chi connectivity index (χ2n) is 6.57. The molecule has 1 fully saturated rings. The molecule has 2 heterocycles. The van der Waals surface area contributed by atoms with Crippen LogP contribution in [0.2, 0.25) is 0 Å². The van der Waals surface area contributed by atoms with Crippen LogP contribution in [0.5, 0.6) is 0 Å². The van der Waals surface area contributed by atoms with Gasteiger partial charge in [-0.15, -0.1) is 11.8 Å². The Bertz CT molecular complexity index is 834. The van der Waals surface area contributed by atoms with Crippen molar-refractivity contribution in [2.75, 3.05) is 42.3 Å². The summed E-state index contributed by atoms with van der Waals surface area (Å²) in [4.78, 5) is 29.5. The summed E-state index contributed by atoms with van der Waals surface area (Å²) < 4.78 is 4.81. The third-order valence-corrected chi connectivity index (χ3v) is 5.89. The number of para-hydroxylation sites is 1. The molecule has 0 spiro atoms. The molecule has 5 nitrogen and oxygen atoms in total. The van der Waals surface area contributed by atoms with Gasteiger partial charge in [-0.1, -0.05) is 18.2 Å². The maximum absolute atomic E-state index is 12.5. The van der Waals surface area contributed by atoms with Gasteiger partial charge in [0.1, 0.15) is 0 Å². The largest absolute Gasteiger partial charge is 0.465 e. The second kappa shape index (κ2) is 7.03. The van der Waals surface area contributed by atoms with Crippen LogP contribution in [0.1, 0.15) is 10.4 Å². The van der Waals surface area contributed by atoms with Crippen molar-refractivity contribution in [2.24, 2.45) is 5.92 Å². The maximum atomic E-state index is 12.5. The molecule has 0 unspecified atom stereocenters. The third kappa shape index (κ3) is 3.17. The monoisotopic (exact) mass is 368 g/mol. The minimum atomic E-state index is -0.380. The van der Waals surface area contributed by atoms with Crippen LogP contribution in [0.3, 0.4) is 0 Å². The normalized spacial score (nSPS) is 16.9. The van der Waals surface area contributed by atoms with E-state index in [1.165, 1.54) is 24.6 Å². The highest BCUT2D eigenvalue weighted by molar-refractivity contribution is 8.00. The van der Waals surface area contributed by atoms with E-state index in [0.29, 0.717) is 23.8 Å². The lowest BCUT2D eigenvalue weighted by Crippen LogP contribution is -2.53. The van der Waals surface area contributed by atoms with E-state index in [0.717, 1.165) is 23.7 Å². The molecule has 2 aliphatic heterocycles. The molecule has 2 aromatic rings. The summed E-state index contributed by atoms with van der Waals surface area (Å²) in [5, 5.41) is 0. The van der Waals surface area contributed by atoms with Crippen LogP contribution in [-0.4, -0.2) is 44.4 Å². The van der Waals surface area contributed by atoms with Crippen molar-refractivity contribution in [3.05, 3.63) is 54.1 Å². The number of fused-ring (bicyclic) bond motifs is 1. The molecule has 0 N–H and O–H groups in total. The summed E-state index contributed by atoms with van der Waals surface area (Å²) in [6.45, 7) is 2.56. The first-order chi connectivity index (χ1) is 12.7. The van der Waals surface area contributed by atoms with Gasteiger partial charge in [-0.3, -0.25) is 4.79 Å². The minimum absolute atomic E-state index is 0.0997. The molecule has 2 aliphatic rings. The van der Waals surface area contributed by atoms with Crippen molar-refractivity contribution in [3.8, 4) is 0 Å². The van der Waals surface area contributed by atoms with E-state index < -0.39 is 0 Å². The van der Waals surface area contributed by atoms with E-state index >= 15 is 0 Å². The van der Waals surface area contributed by atoms with Gasteiger partial charge in [-0.25, -0.2) is 4.79 Å². The van der Waals surface area contributed by atoms with E-state index in [4.69, 9.17) is 4.74 Å². The van der Waals surface area contributed by atoms with Crippen molar-refractivity contribution in [2.45, 2.75) is 4.90 Å². The van der Waals surface area contributed by atoms with E-state index in [-0.39, 0.29) is 11.9 Å². The zero-order valence-electron chi connectivity index (χ0n) is 14.6. The quantitative estimate of drug-likeness (QED) is 0.777. The fourth-order valence-corrected chi connectivity index (χ4v) is 4.36. The Morgan fingerprint density at radius 2 is 1.96 bits per heavy atom. The van der Waals surface area contributed by atoms with Crippen LogP contribution in [-0.2, 0) is 9.53 Å². The zero-order valence-corrected chi connectivity index (χ0v) is 15.4. The lowest BCUT2D eigenvalue weighted by molar-refractivity contribution is -0.116. The number of carbonyl (C=O) groups is 2. The van der Waals surface area contributed by atoms with Crippen LogP contribution < -0.4 is 9.80 Å². The maximum Gasteiger partial charge on any atom is 0.337 e. The van der Waals surface area contributed by atoms with E-state index in [1.807, 2.05) is 29.2 Å². The van der Waals surface area contributed by atoms with E-state index in [1.54, 1.807) is 12.1 Å². The van der Waals surface area contributed by atoms with Gasteiger partial charge in [-0.05, 0) is 30.3 Å². The molecule has 0 aliphatic carbocycles. The minimum Gasteiger partial charge on any atom is -0.465 e. The molecule has 2 aromatic carbocycles. The van der Waals surface area contributed by atoms with Gasteiger partial charge in [0.25, 0.3) is 0 Å². The molecule has 134 valence electrons. The van der Waals surface area contributed by atoms with Crippen molar-refractivity contribution >= 4 is 35.0 Å². The molecule has 0 saturated carbocycles. The van der Waals surface area contributed by atoms with Gasteiger partial charge in [0, 0.05) is 36.1 Å². The highest BCUT2D eigenvalue weighted by Gasteiger charge is 2.33. The van der Waals surface area contributed by atoms with Crippen molar-refractivity contribution < 1.29 is 14.3 Å². The molecule has 1 amide bonds. The van der Waals surface area contributed by atoms with Crippen molar-refractivity contribution in [1.82, 2.24) is 0 Å². The first kappa shape index (κ1) is 17.0. The number of nitrogens with zero attached hydrogens (tertiary/aromatic N) is 2. The molecule has 0 bridgehead atoms. The molecule has 0 radical (unpaired) electrons. The Hall–Kier alpha value is -2.47. The number of thioether (sulfide) groups is 1. The topological polar surface area (TPSA) is 49.9 Å². The van der Waals surface area contributed by atoms with Crippen LogP contribution in [0.4, 0.5) is 11.4 Å². The number of rotatable bonds is 4. The number of hydrogen-bond acceptors (Lipinski definition) is 5. The molecule has 4 rings (SSSR count). The molecule has 1 saturated heterocycles. The number of esters is 1. The van der Waals surface area contributed by atoms with Crippen LogP contribution in [0.15, 0.2) is 53.4 Å². The highest BCUT2D eigenvalue weighted by Crippen LogP contribution is 2.37.